The summed E-state index contributed by atoms with van der Waals surface area (Å²) in [7, 11) is 0. The third-order valence-corrected chi connectivity index (χ3v) is 9.15. The van der Waals surface area contributed by atoms with Crippen molar-refractivity contribution in [1.29, 1.82) is 0 Å². The van der Waals surface area contributed by atoms with E-state index < -0.39 is 0 Å². The molecule has 4 aromatic carbocycles. The number of para-hydroxylation sites is 2. The van der Waals surface area contributed by atoms with E-state index in [9.17, 15) is 0 Å². The van der Waals surface area contributed by atoms with Crippen LogP contribution in [0.3, 0.4) is 0 Å². The molecule has 216 valence electrons. The molecule has 0 atom stereocenters. The van der Waals surface area contributed by atoms with Crippen molar-refractivity contribution in [2.45, 2.75) is 53.9 Å². The molecule has 0 amide bonds. The first kappa shape index (κ1) is 29.0. The Morgan fingerprint density at radius 2 is 0.791 bits per heavy atom. The Hall–Kier alpha value is -4.14. The van der Waals surface area contributed by atoms with Crippen molar-refractivity contribution in [1.82, 2.24) is 29.5 Å². The third kappa shape index (κ3) is 7.63. The molecule has 8 heteroatoms. The molecule has 0 N–H and O–H groups in total. The van der Waals surface area contributed by atoms with Gasteiger partial charge in [0.15, 0.2) is 10.3 Å². The number of aromatic nitrogens is 6. The normalized spacial score (nSPS) is 11.2. The third-order valence-electron chi connectivity index (χ3n) is 7.15. The van der Waals surface area contributed by atoms with E-state index in [0.29, 0.717) is 0 Å². The standard InChI is InChI=1S/C35H34N6S2/c1-6-16-28(17-7-1)26-42-34-38-36-32(40(34)30-20-10-3-11-21-30)24-14-5-15-25-33-37-39-35(41(33)31-22-12-4-13-23-31)43-27-29-18-8-2-9-19-29/h1-4,6-13,16-23H,5,14-15,24-27H2. The zero-order valence-electron chi connectivity index (χ0n) is 24.0. The van der Waals surface area contributed by atoms with Crippen LogP contribution in [0.5, 0.6) is 0 Å². The zero-order chi connectivity index (χ0) is 29.1. The Balaban J connectivity index is 1.09. The molecule has 2 aromatic heterocycles. The van der Waals surface area contributed by atoms with Gasteiger partial charge in [-0.2, -0.15) is 0 Å². The minimum Gasteiger partial charge on any atom is -0.274 e. The van der Waals surface area contributed by atoms with Gasteiger partial charge in [-0.3, -0.25) is 9.13 Å². The fourth-order valence-corrected chi connectivity index (χ4v) is 6.82. The fourth-order valence-electron chi connectivity index (χ4n) is 4.97. The number of thioether (sulfide) groups is 2. The number of rotatable bonds is 14. The lowest BCUT2D eigenvalue weighted by atomic mass is 10.1. The summed E-state index contributed by atoms with van der Waals surface area (Å²) in [5.41, 5.74) is 4.77. The SMILES string of the molecule is c1ccc(CSc2nnc(CCCCCc3nnc(SCc4ccccc4)n3-c3ccccc3)n2-c2ccccc2)cc1. The van der Waals surface area contributed by atoms with Gasteiger partial charge in [-0.1, -0.05) is 127 Å². The molecule has 0 saturated heterocycles. The summed E-state index contributed by atoms with van der Waals surface area (Å²) in [4.78, 5) is 0. The van der Waals surface area contributed by atoms with Crippen LogP contribution in [-0.2, 0) is 24.3 Å². The van der Waals surface area contributed by atoms with Crippen LogP contribution >= 0.6 is 23.5 Å². The highest BCUT2D eigenvalue weighted by atomic mass is 32.2. The molecule has 6 aromatic rings. The lowest BCUT2D eigenvalue weighted by molar-refractivity contribution is 0.634. The Bertz CT molecular complexity index is 1560. The van der Waals surface area contributed by atoms with Crippen LogP contribution in [0.15, 0.2) is 132 Å². The van der Waals surface area contributed by atoms with Gasteiger partial charge in [0.1, 0.15) is 11.6 Å². The van der Waals surface area contributed by atoms with Gasteiger partial charge in [0.05, 0.1) is 0 Å². The van der Waals surface area contributed by atoms with Crippen LogP contribution < -0.4 is 0 Å². The zero-order valence-corrected chi connectivity index (χ0v) is 25.6. The molecule has 6 rings (SSSR count). The average Bonchev–Trinajstić information content (AvgIpc) is 3.68. The van der Waals surface area contributed by atoms with Crippen LogP contribution in [0.25, 0.3) is 11.4 Å². The van der Waals surface area contributed by atoms with Gasteiger partial charge in [0.2, 0.25) is 0 Å². The van der Waals surface area contributed by atoms with Gasteiger partial charge < -0.3 is 0 Å². The molecular weight excluding hydrogens is 569 g/mol. The second-order valence-electron chi connectivity index (χ2n) is 10.2. The highest BCUT2D eigenvalue weighted by Gasteiger charge is 2.16. The molecule has 0 aliphatic carbocycles. The van der Waals surface area contributed by atoms with Gasteiger partial charge in [0.25, 0.3) is 0 Å². The van der Waals surface area contributed by atoms with Crippen molar-refractivity contribution in [3.05, 3.63) is 144 Å². The fraction of sp³-hybridized carbons (Fsp3) is 0.200. The summed E-state index contributed by atoms with van der Waals surface area (Å²) in [6.45, 7) is 0. The van der Waals surface area contributed by atoms with Gasteiger partial charge in [-0.25, -0.2) is 0 Å². The molecule has 43 heavy (non-hydrogen) atoms. The minimum absolute atomic E-state index is 0.861. The van der Waals surface area contributed by atoms with E-state index >= 15 is 0 Å². The first-order valence-corrected chi connectivity index (χ1v) is 16.6. The van der Waals surface area contributed by atoms with Crippen molar-refractivity contribution >= 4 is 23.5 Å². The summed E-state index contributed by atoms with van der Waals surface area (Å²) in [6, 6.07) is 41.9. The van der Waals surface area contributed by atoms with Gasteiger partial charge in [-0.05, 0) is 48.2 Å². The van der Waals surface area contributed by atoms with Crippen molar-refractivity contribution < 1.29 is 0 Å². The van der Waals surface area contributed by atoms with Crippen molar-refractivity contribution in [2.24, 2.45) is 0 Å². The molecule has 0 bridgehead atoms. The minimum atomic E-state index is 0.861. The lowest BCUT2D eigenvalue weighted by Gasteiger charge is -2.11. The largest absolute Gasteiger partial charge is 0.274 e. The molecule has 6 nitrogen and oxygen atoms in total. The number of hydrogen-bond donors (Lipinski definition) is 0. The first-order chi connectivity index (χ1) is 21.3. The maximum Gasteiger partial charge on any atom is 0.196 e. The molecule has 0 fully saturated rings. The topological polar surface area (TPSA) is 61.4 Å². The molecular formula is C35H34N6S2. The summed E-state index contributed by atoms with van der Waals surface area (Å²) in [5.74, 6) is 3.74. The summed E-state index contributed by atoms with van der Waals surface area (Å²) in [5, 5.41) is 20.3. The predicted octanol–water partition coefficient (Wildman–Crippen LogP) is 8.39. The molecule has 0 saturated carbocycles. The van der Waals surface area contributed by atoms with Crippen LogP contribution in [0, 0.1) is 0 Å². The Morgan fingerprint density at radius 3 is 1.19 bits per heavy atom. The van der Waals surface area contributed by atoms with Crippen LogP contribution in [-0.4, -0.2) is 29.5 Å². The van der Waals surface area contributed by atoms with Crippen LogP contribution in [0.4, 0.5) is 0 Å². The lowest BCUT2D eigenvalue weighted by Crippen LogP contribution is -2.04. The number of aryl methyl sites for hydroxylation is 2. The molecule has 0 radical (unpaired) electrons. The number of nitrogens with zero attached hydrogens (tertiary/aromatic N) is 6. The maximum atomic E-state index is 4.63. The molecule has 0 aliphatic rings. The van der Waals surface area contributed by atoms with Crippen molar-refractivity contribution in [2.75, 3.05) is 0 Å². The van der Waals surface area contributed by atoms with Crippen molar-refractivity contribution in [3.8, 4) is 11.4 Å². The Morgan fingerprint density at radius 1 is 0.419 bits per heavy atom. The number of benzene rings is 4. The van der Waals surface area contributed by atoms with E-state index in [0.717, 1.165) is 76.9 Å². The van der Waals surface area contributed by atoms with E-state index in [1.807, 2.05) is 24.3 Å². The van der Waals surface area contributed by atoms with E-state index in [2.05, 4.69) is 127 Å². The number of unbranched alkanes of at least 4 members (excludes halogenated alkanes) is 2. The first-order valence-electron chi connectivity index (χ1n) is 14.7. The summed E-state index contributed by atoms with van der Waals surface area (Å²) >= 11 is 3.46. The second-order valence-corrected chi connectivity index (χ2v) is 12.1. The smallest absolute Gasteiger partial charge is 0.196 e. The molecule has 0 spiro atoms. The molecule has 0 aliphatic heterocycles. The van der Waals surface area contributed by atoms with E-state index in [4.69, 9.17) is 0 Å². The van der Waals surface area contributed by atoms with Gasteiger partial charge >= 0.3 is 0 Å². The second kappa shape index (κ2) is 14.8. The summed E-state index contributed by atoms with van der Waals surface area (Å²) in [6.07, 6.45) is 4.88. The summed E-state index contributed by atoms with van der Waals surface area (Å²) < 4.78 is 4.44. The van der Waals surface area contributed by atoms with Crippen LogP contribution in [0.1, 0.15) is 42.0 Å². The maximum absolute atomic E-state index is 4.63. The molecule has 2 heterocycles. The van der Waals surface area contributed by atoms with E-state index in [1.54, 1.807) is 23.5 Å². The van der Waals surface area contributed by atoms with E-state index in [1.165, 1.54) is 11.1 Å². The monoisotopic (exact) mass is 602 g/mol. The van der Waals surface area contributed by atoms with Crippen LogP contribution in [0.2, 0.25) is 0 Å². The highest BCUT2D eigenvalue weighted by molar-refractivity contribution is 7.98. The quantitative estimate of drug-likeness (QED) is 0.0922. The Labute approximate surface area is 261 Å². The highest BCUT2D eigenvalue weighted by Crippen LogP contribution is 2.28. The Kier molecular flexibility index (Phi) is 10.00. The predicted molar refractivity (Wildman–Crippen MR) is 176 cm³/mol. The number of hydrogen-bond acceptors (Lipinski definition) is 6. The van der Waals surface area contributed by atoms with Crippen molar-refractivity contribution in [3.63, 3.8) is 0 Å². The molecule has 0 unspecified atom stereocenters. The van der Waals surface area contributed by atoms with Gasteiger partial charge in [0, 0.05) is 35.7 Å². The average molecular weight is 603 g/mol. The van der Waals surface area contributed by atoms with E-state index in [-0.39, 0.29) is 0 Å². The van der Waals surface area contributed by atoms with Gasteiger partial charge in [-0.15, -0.1) is 20.4 Å².